The number of nitrogens with zero attached hydrogens (tertiary/aromatic N) is 3. The van der Waals surface area contributed by atoms with Crippen LogP contribution in [0, 0.1) is 11.3 Å². The van der Waals surface area contributed by atoms with Crippen LogP contribution >= 0.6 is 34.9 Å². The molecule has 1 N–H and O–H groups in total. The molecule has 2 aromatic heterocycles. The predicted molar refractivity (Wildman–Crippen MR) is 124 cm³/mol. The fraction of sp³-hybridized carbons (Fsp3) is 0.318. The van der Waals surface area contributed by atoms with Crippen molar-refractivity contribution in [1.29, 1.82) is 5.26 Å². The summed E-state index contributed by atoms with van der Waals surface area (Å²) >= 11 is 5.03. The molecule has 0 radical (unpaired) electrons. The Kier molecular flexibility index (Phi) is 8.13. The van der Waals surface area contributed by atoms with Crippen molar-refractivity contribution in [3.63, 3.8) is 0 Å². The molecule has 0 aliphatic carbocycles. The van der Waals surface area contributed by atoms with E-state index in [1.807, 2.05) is 47.5 Å². The summed E-state index contributed by atoms with van der Waals surface area (Å²) in [6.07, 6.45) is 3.63. The maximum atomic E-state index is 9.90. The minimum Gasteiger partial charge on any atom is -0.389 e. The van der Waals surface area contributed by atoms with E-state index in [4.69, 9.17) is 4.98 Å². The number of unbranched alkanes of at least 4 members (excludes halogenated alkanes) is 1. The van der Waals surface area contributed by atoms with Gasteiger partial charge in [-0.2, -0.15) is 17.0 Å². The van der Waals surface area contributed by atoms with Gasteiger partial charge in [0.1, 0.15) is 21.8 Å². The van der Waals surface area contributed by atoms with Crippen LogP contribution in [-0.4, -0.2) is 25.9 Å². The SMILES string of the molecule is CCCCSCSc1nc(-c2nccs2)cc(-c2ccc(C(C)O)cc2)c1C#N. The number of hydrogen-bond acceptors (Lipinski definition) is 7. The van der Waals surface area contributed by atoms with E-state index in [1.54, 1.807) is 24.9 Å². The van der Waals surface area contributed by atoms with Gasteiger partial charge in [-0.25, -0.2) is 9.97 Å². The molecular weight excluding hydrogens is 418 g/mol. The molecule has 29 heavy (non-hydrogen) atoms. The van der Waals surface area contributed by atoms with Crippen molar-refractivity contribution in [2.24, 2.45) is 0 Å². The predicted octanol–water partition coefficient (Wildman–Crippen LogP) is 6.38. The van der Waals surface area contributed by atoms with Gasteiger partial charge in [-0.1, -0.05) is 49.4 Å². The molecule has 0 fully saturated rings. The number of thioether (sulfide) groups is 2. The molecule has 3 aromatic rings. The van der Waals surface area contributed by atoms with E-state index < -0.39 is 6.10 Å². The van der Waals surface area contributed by atoms with E-state index in [0.29, 0.717) is 5.56 Å². The molecular formula is C22H23N3OS3. The highest BCUT2D eigenvalue weighted by molar-refractivity contribution is 8.15. The number of aliphatic hydroxyl groups excluding tert-OH is 1. The molecule has 0 aliphatic heterocycles. The first-order valence-corrected chi connectivity index (χ1v) is 12.5. The summed E-state index contributed by atoms with van der Waals surface area (Å²) < 4.78 is 0. The highest BCUT2D eigenvalue weighted by Crippen LogP contribution is 2.36. The van der Waals surface area contributed by atoms with Gasteiger partial charge in [0.05, 0.1) is 11.7 Å². The second-order valence-electron chi connectivity index (χ2n) is 6.51. The zero-order valence-corrected chi connectivity index (χ0v) is 18.9. The van der Waals surface area contributed by atoms with Crippen LogP contribution < -0.4 is 0 Å². The monoisotopic (exact) mass is 441 g/mol. The molecule has 0 saturated heterocycles. The number of thiazole rings is 1. The van der Waals surface area contributed by atoms with Crippen molar-refractivity contribution in [3.05, 3.63) is 53.0 Å². The van der Waals surface area contributed by atoms with E-state index in [1.165, 1.54) is 24.2 Å². The van der Waals surface area contributed by atoms with Crippen LogP contribution in [0.15, 0.2) is 46.9 Å². The van der Waals surface area contributed by atoms with Gasteiger partial charge in [0.15, 0.2) is 0 Å². The third kappa shape index (κ3) is 5.61. The third-order valence-electron chi connectivity index (χ3n) is 4.37. The topological polar surface area (TPSA) is 69.8 Å². The Morgan fingerprint density at radius 3 is 2.69 bits per heavy atom. The fourth-order valence-electron chi connectivity index (χ4n) is 2.77. The lowest BCUT2D eigenvalue weighted by atomic mass is 9.99. The number of benzene rings is 1. The van der Waals surface area contributed by atoms with Crippen LogP contribution in [0.25, 0.3) is 21.8 Å². The van der Waals surface area contributed by atoms with Gasteiger partial charge in [0.2, 0.25) is 0 Å². The van der Waals surface area contributed by atoms with Gasteiger partial charge < -0.3 is 5.11 Å². The van der Waals surface area contributed by atoms with Crippen molar-refractivity contribution in [2.45, 2.75) is 37.8 Å². The highest BCUT2D eigenvalue weighted by Gasteiger charge is 2.17. The van der Waals surface area contributed by atoms with Gasteiger partial charge in [-0.3, -0.25) is 0 Å². The van der Waals surface area contributed by atoms with E-state index in [2.05, 4.69) is 18.0 Å². The number of hydrogen-bond donors (Lipinski definition) is 1. The summed E-state index contributed by atoms with van der Waals surface area (Å²) in [7, 11) is 0. The van der Waals surface area contributed by atoms with Crippen LogP contribution in [0.3, 0.4) is 0 Å². The van der Waals surface area contributed by atoms with E-state index in [0.717, 1.165) is 43.3 Å². The number of aromatic nitrogens is 2. The molecule has 0 bridgehead atoms. The minimum absolute atomic E-state index is 0.519. The molecule has 2 heterocycles. The first-order valence-electron chi connectivity index (χ1n) is 9.48. The number of aliphatic hydroxyl groups is 1. The highest BCUT2D eigenvalue weighted by atomic mass is 32.2. The first kappa shape index (κ1) is 21.8. The second-order valence-corrected chi connectivity index (χ2v) is 9.84. The summed E-state index contributed by atoms with van der Waals surface area (Å²) in [5.74, 6) is 1.12. The molecule has 1 unspecified atom stereocenters. The van der Waals surface area contributed by atoms with Crippen molar-refractivity contribution >= 4 is 34.9 Å². The lowest BCUT2D eigenvalue weighted by Crippen LogP contribution is -1.97. The molecule has 0 spiro atoms. The Hall–Kier alpha value is -1.85. The maximum Gasteiger partial charge on any atom is 0.141 e. The normalized spacial score (nSPS) is 11.9. The third-order valence-corrected chi connectivity index (χ3v) is 7.45. The molecule has 1 atom stereocenters. The molecule has 150 valence electrons. The fourth-order valence-corrected chi connectivity index (χ4v) is 5.57. The molecule has 1 aromatic carbocycles. The molecule has 0 saturated carbocycles. The van der Waals surface area contributed by atoms with Crippen molar-refractivity contribution in [2.75, 3.05) is 10.8 Å². The number of pyridine rings is 1. The number of nitriles is 1. The Morgan fingerprint density at radius 1 is 1.28 bits per heavy atom. The Labute approximate surface area is 184 Å². The van der Waals surface area contributed by atoms with Gasteiger partial charge in [0, 0.05) is 22.2 Å². The Morgan fingerprint density at radius 2 is 2.07 bits per heavy atom. The maximum absolute atomic E-state index is 9.90. The van der Waals surface area contributed by atoms with Crippen LogP contribution in [-0.2, 0) is 0 Å². The Balaban J connectivity index is 2.00. The first-order chi connectivity index (χ1) is 14.1. The largest absolute Gasteiger partial charge is 0.389 e. The van der Waals surface area contributed by atoms with Crippen LogP contribution in [0.4, 0.5) is 0 Å². The second kappa shape index (κ2) is 10.8. The summed E-state index contributed by atoms with van der Waals surface area (Å²) in [6, 6.07) is 12.0. The lowest BCUT2D eigenvalue weighted by molar-refractivity contribution is 0.199. The molecule has 7 heteroatoms. The van der Waals surface area contributed by atoms with Crippen LogP contribution in [0.5, 0.6) is 0 Å². The van der Waals surface area contributed by atoms with Crippen molar-refractivity contribution < 1.29 is 5.11 Å². The zero-order chi connectivity index (χ0) is 20.6. The van der Waals surface area contributed by atoms with Gasteiger partial charge in [-0.15, -0.1) is 11.3 Å². The summed E-state index contributed by atoms with van der Waals surface area (Å²) in [5, 5.41) is 24.1. The molecule has 3 rings (SSSR count). The van der Waals surface area contributed by atoms with Gasteiger partial charge in [-0.05, 0) is 36.3 Å². The van der Waals surface area contributed by atoms with Crippen molar-refractivity contribution in [1.82, 2.24) is 9.97 Å². The zero-order valence-electron chi connectivity index (χ0n) is 16.5. The van der Waals surface area contributed by atoms with Crippen LogP contribution in [0.1, 0.15) is 43.9 Å². The van der Waals surface area contributed by atoms with Crippen molar-refractivity contribution in [3.8, 4) is 27.9 Å². The Bertz CT molecular complexity index is 964. The summed E-state index contributed by atoms with van der Waals surface area (Å²) in [5.41, 5.74) is 4.02. The minimum atomic E-state index is -0.519. The molecule has 0 aliphatic rings. The summed E-state index contributed by atoms with van der Waals surface area (Å²) in [6.45, 7) is 3.93. The van der Waals surface area contributed by atoms with E-state index in [-0.39, 0.29) is 0 Å². The smallest absolute Gasteiger partial charge is 0.141 e. The lowest BCUT2D eigenvalue weighted by Gasteiger charge is -2.12. The van der Waals surface area contributed by atoms with Gasteiger partial charge in [0.25, 0.3) is 0 Å². The average molecular weight is 442 g/mol. The van der Waals surface area contributed by atoms with Gasteiger partial charge >= 0.3 is 0 Å². The summed E-state index contributed by atoms with van der Waals surface area (Å²) in [4.78, 5) is 9.17. The van der Waals surface area contributed by atoms with E-state index >= 15 is 0 Å². The van der Waals surface area contributed by atoms with Crippen LogP contribution in [0.2, 0.25) is 0 Å². The molecule has 4 nitrogen and oxygen atoms in total. The standard InChI is InChI=1S/C22H23N3OS3/c1-3-4-10-27-14-29-21-19(13-23)18(12-20(25-21)22-24-9-11-28-22)17-7-5-16(6-8-17)15(2)26/h5-9,11-12,15,26H,3-4,10,14H2,1-2H3. The van der Waals surface area contributed by atoms with E-state index in [9.17, 15) is 10.4 Å². The quantitative estimate of drug-likeness (QED) is 0.236. The number of rotatable bonds is 9. The molecule has 0 amide bonds. The average Bonchev–Trinajstić information content (AvgIpc) is 3.28.